The van der Waals surface area contributed by atoms with Crippen LogP contribution in [-0.2, 0) is 16.4 Å². The lowest BCUT2D eigenvalue weighted by Crippen LogP contribution is -1.99. The SMILES string of the molecule is CCn1nc(-c2ccc(S(C)(=O)=O)cc2)c(-c2ccc(C)cc2)c1C#N. The highest BCUT2D eigenvalue weighted by Crippen LogP contribution is 2.35. The number of nitrogens with zero attached hydrogens (tertiary/aromatic N) is 3. The maximum Gasteiger partial charge on any atom is 0.175 e. The summed E-state index contributed by atoms with van der Waals surface area (Å²) in [6, 6.07) is 16.8. The highest BCUT2D eigenvalue weighted by Gasteiger charge is 2.20. The molecule has 0 fully saturated rings. The van der Waals surface area contributed by atoms with Crippen LogP contribution in [0.4, 0.5) is 0 Å². The van der Waals surface area contributed by atoms with Gasteiger partial charge >= 0.3 is 0 Å². The highest BCUT2D eigenvalue weighted by molar-refractivity contribution is 7.90. The Morgan fingerprint density at radius 2 is 1.62 bits per heavy atom. The van der Waals surface area contributed by atoms with E-state index in [0.717, 1.165) is 22.3 Å². The predicted molar refractivity (Wildman–Crippen MR) is 101 cm³/mol. The van der Waals surface area contributed by atoms with Gasteiger partial charge in [-0.2, -0.15) is 10.4 Å². The Morgan fingerprint density at radius 1 is 1.04 bits per heavy atom. The minimum Gasteiger partial charge on any atom is -0.254 e. The van der Waals surface area contributed by atoms with Gasteiger partial charge in [0.25, 0.3) is 0 Å². The molecule has 0 aliphatic carbocycles. The molecule has 2 aromatic carbocycles. The second kappa shape index (κ2) is 6.77. The number of benzene rings is 2. The van der Waals surface area contributed by atoms with Gasteiger partial charge in [-0.25, -0.2) is 8.42 Å². The maximum absolute atomic E-state index is 11.7. The van der Waals surface area contributed by atoms with Gasteiger partial charge in [0.05, 0.1) is 4.90 Å². The van der Waals surface area contributed by atoms with E-state index < -0.39 is 9.84 Å². The lowest BCUT2D eigenvalue weighted by atomic mass is 9.98. The molecule has 5 nitrogen and oxygen atoms in total. The third kappa shape index (κ3) is 3.26. The van der Waals surface area contributed by atoms with E-state index in [9.17, 15) is 13.7 Å². The molecule has 0 radical (unpaired) electrons. The van der Waals surface area contributed by atoms with E-state index in [1.165, 1.54) is 6.26 Å². The van der Waals surface area contributed by atoms with Crippen molar-refractivity contribution in [2.75, 3.05) is 6.26 Å². The van der Waals surface area contributed by atoms with Gasteiger partial charge in [0.1, 0.15) is 17.5 Å². The molecule has 1 aromatic heterocycles. The minimum absolute atomic E-state index is 0.258. The van der Waals surface area contributed by atoms with Gasteiger partial charge in [0, 0.05) is 23.9 Å². The lowest BCUT2D eigenvalue weighted by Gasteiger charge is -2.05. The van der Waals surface area contributed by atoms with Gasteiger partial charge in [-0.3, -0.25) is 4.68 Å². The molecule has 0 saturated heterocycles. The van der Waals surface area contributed by atoms with Crippen LogP contribution >= 0.6 is 0 Å². The fraction of sp³-hybridized carbons (Fsp3) is 0.200. The average Bonchev–Trinajstić information content (AvgIpc) is 3.00. The van der Waals surface area contributed by atoms with E-state index in [1.807, 2.05) is 38.1 Å². The Hall–Kier alpha value is -2.91. The number of sulfone groups is 1. The molecule has 26 heavy (non-hydrogen) atoms. The fourth-order valence-corrected chi connectivity index (χ4v) is 3.49. The molecular formula is C20H19N3O2S. The van der Waals surface area contributed by atoms with E-state index in [0.29, 0.717) is 17.9 Å². The Kier molecular flexibility index (Phi) is 4.66. The Balaban J connectivity index is 2.23. The minimum atomic E-state index is -3.26. The van der Waals surface area contributed by atoms with E-state index in [2.05, 4.69) is 11.2 Å². The predicted octanol–water partition coefficient (Wildman–Crippen LogP) is 3.82. The first kappa shape index (κ1) is 17.9. The molecule has 0 aliphatic heterocycles. The summed E-state index contributed by atoms with van der Waals surface area (Å²) in [6.45, 7) is 4.52. The largest absolute Gasteiger partial charge is 0.254 e. The zero-order chi connectivity index (χ0) is 18.9. The summed E-state index contributed by atoms with van der Waals surface area (Å²) in [5.74, 6) is 0. The summed E-state index contributed by atoms with van der Waals surface area (Å²) < 4.78 is 25.1. The zero-order valence-corrected chi connectivity index (χ0v) is 15.7. The van der Waals surface area contributed by atoms with Crippen LogP contribution in [0.15, 0.2) is 53.4 Å². The molecule has 0 amide bonds. The van der Waals surface area contributed by atoms with Crippen molar-refractivity contribution in [3.63, 3.8) is 0 Å². The summed E-state index contributed by atoms with van der Waals surface area (Å²) in [6.07, 6.45) is 1.18. The maximum atomic E-state index is 11.7. The van der Waals surface area contributed by atoms with Gasteiger partial charge in [-0.15, -0.1) is 0 Å². The van der Waals surface area contributed by atoms with E-state index in [1.54, 1.807) is 28.9 Å². The topological polar surface area (TPSA) is 75.8 Å². The van der Waals surface area contributed by atoms with Gasteiger partial charge in [0.15, 0.2) is 9.84 Å². The number of aryl methyl sites for hydroxylation is 2. The molecule has 3 rings (SSSR count). The fourth-order valence-electron chi connectivity index (χ4n) is 2.86. The van der Waals surface area contributed by atoms with Crippen LogP contribution in [0.3, 0.4) is 0 Å². The van der Waals surface area contributed by atoms with Gasteiger partial charge in [0.2, 0.25) is 0 Å². The van der Waals surface area contributed by atoms with Gasteiger partial charge in [-0.05, 0) is 31.5 Å². The Bertz CT molecular complexity index is 1090. The first-order valence-electron chi connectivity index (χ1n) is 8.23. The number of aromatic nitrogens is 2. The molecule has 3 aromatic rings. The Labute approximate surface area is 153 Å². The molecule has 6 heteroatoms. The van der Waals surface area contributed by atoms with Crippen molar-refractivity contribution < 1.29 is 8.42 Å². The zero-order valence-electron chi connectivity index (χ0n) is 14.9. The molecule has 0 unspecified atom stereocenters. The van der Waals surface area contributed by atoms with Gasteiger partial charge < -0.3 is 0 Å². The second-order valence-electron chi connectivity index (χ2n) is 6.16. The van der Waals surface area contributed by atoms with Crippen molar-refractivity contribution in [2.45, 2.75) is 25.3 Å². The first-order chi connectivity index (χ1) is 12.3. The van der Waals surface area contributed by atoms with E-state index >= 15 is 0 Å². The average molecular weight is 365 g/mol. The summed E-state index contributed by atoms with van der Waals surface area (Å²) >= 11 is 0. The molecule has 0 aliphatic rings. The number of hydrogen-bond donors (Lipinski definition) is 0. The first-order valence-corrected chi connectivity index (χ1v) is 10.1. The van der Waals surface area contributed by atoms with Crippen LogP contribution in [0, 0.1) is 18.3 Å². The molecule has 0 spiro atoms. The van der Waals surface area contributed by atoms with Crippen LogP contribution in [0.5, 0.6) is 0 Å². The third-order valence-electron chi connectivity index (χ3n) is 4.25. The molecule has 0 bridgehead atoms. The van der Waals surface area contributed by atoms with Crippen molar-refractivity contribution in [3.8, 4) is 28.5 Å². The van der Waals surface area contributed by atoms with Crippen molar-refractivity contribution in [1.29, 1.82) is 5.26 Å². The van der Waals surface area contributed by atoms with Crippen molar-refractivity contribution in [2.24, 2.45) is 0 Å². The Morgan fingerprint density at radius 3 is 2.12 bits per heavy atom. The summed E-state index contributed by atoms with van der Waals surface area (Å²) in [5, 5.41) is 14.3. The normalized spacial score (nSPS) is 11.3. The summed E-state index contributed by atoms with van der Waals surface area (Å²) in [7, 11) is -3.26. The molecule has 1 heterocycles. The second-order valence-corrected chi connectivity index (χ2v) is 8.18. The molecule has 0 saturated carbocycles. The molecule has 0 N–H and O–H groups in total. The number of nitriles is 1. The van der Waals surface area contributed by atoms with Crippen molar-refractivity contribution in [3.05, 3.63) is 59.8 Å². The van der Waals surface area contributed by atoms with Gasteiger partial charge in [-0.1, -0.05) is 42.0 Å². The summed E-state index contributed by atoms with van der Waals surface area (Å²) in [4.78, 5) is 0.258. The van der Waals surface area contributed by atoms with E-state index in [-0.39, 0.29) is 4.90 Å². The monoisotopic (exact) mass is 365 g/mol. The number of rotatable bonds is 4. The van der Waals surface area contributed by atoms with Crippen molar-refractivity contribution >= 4 is 9.84 Å². The third-order valence-corrected chi connectivity index (χ3v) is 5.38. The number of hydrogen-bond acceptors (Lipinski definition) is 4. The van der Waals surface area contributed by atoms with Crippen LogP contribution in [0.2, 0.25) is 0 Å². The standard InChI is InChI=1S/C20H19N3O2S/c1-4-23-18(13-21)19(15-7-5-14(2)6-8-15)20(22-23)16-9-11-17(12-10-16)26(3,24)25/h5-12H,4H2,1-3H3. The molecular weight excluding hydrogens is 346 g/mol. The highest BCUT2D eigenvalue weighted by atomic mass is 32.2. The van der Waals surface area contributed by atoms with Crippen LogP contribution in [0.1, 0.15) is 18.2 Å². The van der Waals surface area contributed by atoms with Crippen molar-refractivity contribution in [1.82, 2.24) is 9.78 Å². The molecule has 0 atom stereocenters. The smallest absolute Gasteiger partial charge is 0.175 e. The van der Waals surface area contributed by atoms with Crippen LogP contribution in [0.25, 0.3) is 22.4 Å². The van der Waals surface area contributed by atoms with E-state index in [4.69, 9.17) is 0 Å². The molecule has 132 valence electrons. The van der Waals surface area contributed by atoms with Crippen LogP contribution in [-0.4, -0.2) is 24.5 Å². The summed E-state index contributed by atoms with van der Waals surface area (Å²) in [5.41, 5.74) is 4.76. The van der Waals surface area contributed by atoms with Crippen LogP contribution < -0.4 is 0 Å². The lowest BCUT2D eigenvalue weighted by molar-refractivity contribution is 0.602. The quantitative estimate of drug-likeness (QED) is 0.704.